The zero-order valence-corrected chi connectivity index (χ0v) is 10.3. The maximum Gasteiger partial charge on any atom is 0.0348 e. The van der Waals surface area contributed by atoms with Gasteiger partial charge in [0.25, 0.3) is 0 Å². The van der Waals surface area contributed by atoms with Gasteiger partial charge in [0.05, 0.1) is 0 Å². The van der Waals surface area contributed by atoms with Crippen LogP contribution in [-0.4, -0.2) is 4.75 Å². The highest BCUT2D eigenvalue weighted by molar-refractivity contribution is 7.82. The second-order valence-electron chi connectivity index (χ2n) is 4.32. The molecule has 0 saturated heterocycles. The highest BCUT2D eigenvalue weighted by atomic mass is 32.1. The number of rotatable bonds is 5. The van der Waals surface area contributed by atoms with Crippen LogP contribution >= 0.6 is 12.6 Å². The number of hydrogen-bond donors (Lipinski definition) is 1. The highest BCUT2D eigenvalue weighted by Crippen LogP contribution is 2.35. The quantitative estimate of drug-likeness (QED) is 0.633. The molecule has 1 heteroatoms. The Balaban J connectivity index is 2.50. The summed E-state index contributed by atoms with van der Waals surface area (Å²) in [5, 5.41) is 0. The molecule has 0 aromatic heterocycles. The molecule has 0 aromatic carbocycles. The molecule has 0 radical (unpaired) electrons. The summed E-state index contributed by atoms with van der Waals surface area (Å²) < 4.78 is 0.148. The van der Waals surface area contributed by atoms with Gasteiger partial charge in [0.15, 0.2) is 0 Å². The lowest BCUT2D eigenvalue weighted by molar-refractivity contribution is 0.581. The molecular weight excluding hydrogens is 188 g/mol. The normalized spacial score (nSPS) is 26.4. The van der Waals surface area contributed by atoms with E-state index in [0.29, 0.717) is 0 Å². The average molecular weight is 210 g/mol. The molecule has 1 aliphatic rings. The molecule has 0 aliphatic heterocycles. The monoisotopic (exact) mass is 210 g/mol. The van der Waals surface area contributed by atoms with E-state index in [9.17, 15) is 0 Å². The summed E-state index contributed by atoms with van der Waals surface area (Å²) in [6.07, 6.45) is 14.1. The van der Waals surface area contributed by atoms with E-state index in [0.717, 1.165) is 6.42 Å². The van der Waals surface area contributed by atoms with Crippen LogP contribution in [0.2, 0.25) is 0 Å². The van der Waals surface area contributed by atoms with Crippen LogP contribution in [0.1, 0.15) is 52.4 Å². The van der Waals surface area contributed by atoms with Crippen LogP contribution in [0.25, 0.3) is 0 Å². The number of hydrogen-bond acceptors (Lipinski definition) is 1. The molecule has 0 spiro atoms. The Morgan fingerprint density at radius 2 is 2.14 bits per heavy atom. The van der Waals surface area contributed by atoms with Gasteiger partial charge < -0.3 is 0 Å². The molecule has 0 heterocycles. The molecular formula is C13H22S. The van der Waals surface area contributed by atoms with Crippen LogP contribution in [-0.2, 0) is 0 Å². The zero-order chi connectivity index (χ0) is 10.4. The van der Waals surface area contributed by atoms with Crippen molar-refractivity contribution in [2.45, 2.75) is 57.1 Å². The van der Waals surface area contributed by atoms with Gasteiger partial charge in [-0.1, -0.05) is 56.9 Å². The van der Waals surface area contributed by atoms with E-state index in [1.807, 2.05) is 0 Å². The smallest absolute Gasteiger partial charge is 0.0348 e. The lowest BCUT2D eigenvalue weighted by Crippen LogP contribution is -2.21. The van der Waals surface area contributed by atoms with Gasteiger partial charge in [0.2, 0.25) is 0 Å². The van der Waals surface area contributed by atoms with Crippen molar-refractivity contribution in [2.24, 2.45) is 0 Å². The fourth-order valence-electron chi connectivity index (χ4n) is 2.02. The summed E-state index contributed by atoms with van der Waals surface area (Å²) in [4.78, 5) is 0. The van der Waals surface area contributed by atoms with E-state index in [-0.39, 0.29) is 4.75 Å². The Bertz CT molecular complexity index is 227. The predicted octanol–water partition coefficient (Wildman–Crippen LogP) is 4.53. The minimum absolute atomic E-state index is 0.148. The Morgan fingerprint density at radius 3 is 2.79 bits per heavy atom. The van der Waals surface area contributed by atoms with Crippen molar-refractivity contribution < 1.29 is 0 Å². The van der Waals surface area contributed by atoms with Crippen LogP contribution in [0.15, 0.2) is 23.8 Å². The first kappa shape index (κ1) is 11.9. The van der Waals surface area contributed by atoms with Gasteiger partial charge in [-0.3, -0.25) is 0 Å². The van der Waals surface area contributed by atoms with Crippen molar-refractivity contribution in [1.82, 2.24) is 0 Å². The average Bonchev–Trinajstić information content (AvgIpc) is 2.16. The second-order valence-corrected chi connectivity index (χ2v) is 5.21. The molecule has 0 bridgehead atoms. The maximum absolute atomic E-state index is 4.81. The van der Waals surface area contributed by atoms with E-state index >= 15 is 0 Å². The first-order valence-electron chi connectivity index (χ1n) is 5.80. The highest BCUT2D eigenvalue weighted by Gasteiger charge is 2.24. The summed E-state index contributed by atoms with van der Waals surface area (Å²) in [5.41, 5.74) is 1.57. The maximum atomic E-state index is 4.81. The summed E-state index contributed by atoms with van der Waals surface area (Å²) in [7, 11) is 0. The van der Waals surface area contributed by atoms with Gasteiger partial charge in [-0.05, 0) is 19.3 Å². The van der Waals surface area contributed by atoms with Crippen LogP contribution < -0.4 is 0 Å². The molecule has 0 N–H and O–H groups in total. The van der Waals surface area contributed by atoms with Gasteiger partial charge in [-0.15, -0.1) is 0 Å². The van der Waals surface area contributed by atoms with Gasteiger partial charge in [0, 0.05) is 4.75 Å². The van der Waals surface area contributed by atoms with E-state index in [1.54, 1.807) is 5.57 Å². The Kier molecular flexibility index (Phi) is 4.80. The van der Waals surface area contributed by atoms with Crippen LogP contribution in [0.4, 0.5) is 0 Å². The molecule has 1 unspecified atom stereocenters. The summed E-state index contributed by atoms with van der Waals surface area (Å²) >= 11 is 4.81. The van der Waals surface area contributed by atoms with Crippen molar-refractivity contribution in [2.75, 3.05) is 0 Å². The molecule has 14 heavy (non-hydrogen) atoms. The number of allylic oxidation sites excluding steroid dienone is 3. The minimum atomic E-state index is 0.148. The molecule has 0 amide bonds. The van der Waals surface area contributed by atoms with E-state index in [4.69, 9.17) is 12.6 Å². The topological polar surface area (TPSA) is 0 Å². The van der Waals surface area contributed by atoms with Crippen LogP contribution in [0.3, 0.4) is 0 Å². The summed E-state index contributed by atoms with van der Waals surface area (Å²) in [6, 6.07) is 0. The number of unbranched alkanes of at least 4 members (excludes halogenated alkanes) is 1. The molecule has 1 rings (SSSR count). The fourth-order valence-corrected chi connectivity index (χ4v) is 2.47. The third-order valence-electron chi connectivity index (χ3n) is 2.81. The first-order valence-corrected chi connectivity index (χ1v) is 6.24. The van der Waals surface area contributed by atoms with Gasteiger partial charge >= 0.3 is 0 Å². The standard InChI is InChI=1S/C13H22S/c1-3-5-9-13(14)10-6-8-12(11-13)7-4-2/h6,8,10,14H,3-5,7,9,11H2,1-2H3. The molecule has 0 nitrogen and oxygen atoms in total. The van der Waals surface area contributed by atoms with Crippen molar-refractivity contribution in [1.29, 1.82) is 0 Å². The zero-order valence-electron chi connectivity index (χ0n) is 9.42. The minimum Gasteiger partial charge on any atom is -0.168 e. The van der Waals surface area contributed by atoms with Crippen molar-refractivity contribution in [3.63, 3.8) is 0 Å². The third-order valence-corrected chi connectivity index (χ3v) is 3.34. The van der Waals surface area contributed by atoms with Crippen LogP contribution in [0, 0.1) is 0 Å². The first-order chi connectivity index (χ1) is 6.70. The van der Waals surface area contributed by atoms with Crippen LogP contribution in [0.5, 0.6) is 0 Å². The summed E-state index contributed by atoms with van der Waals surface area (Å²) in [6.45, 7) is 4.48. The summed E-state index contributed by atoms with van der Waals surface area (Å²) in [5.74, 6) is 0. The Hall–Kier alpha value is -0.170. The second kappa shape index (κ2) is 5.65. The molecule has 1 aliphatic carbocycles. The molecule has 0 fully saturated rings. The Labute approximate surface area is 93.9 Å². The largest absolute Gasteiger partial charge is 0.168 e. The van der Waals surface area contributed by atoms with E-state index in [1.165, 1.54) is 32.1 Å². The van der Waals surface area contributed by atoms with E-state index < -0.39 is 0 Å². The lowest BCUT2D eigenvalue weighted by Gasteiger charge is -2.28. The van der Waals surface area contributed by atoms with Crippen molar-refractivity contribution in [3.8, 4) is 0 Å². The lowest BCUT2D eigenvalue weighted by atomic mass is 9.87. The van der Waals surface area contributed by atoms with Gasteiger partial charge in [-0.2, -0.15) is 12.6 Å². The Morgan fingerprint density at radius 1 is 1.36 bits per heavy atom. The third kappa shape index (κ3) is 3.53. The SMILES string of the molecule is CCCCC1(S)C=CC=C(CCC)C1. The van der Waals surface area contributed by atoms with E-state index in [2.05, 4.69) is 32.1 Å². The molecule has 0 saturated carbocycles. The number of thiol groups is 1. The van der Waals surface area contributed by atoms with Gasteiger partial charge in [-0.25, -0.2) is 0 Å². The molecule has 0 aromatic rings. The van der Waals surface area contributed by atoms with Crippen molar-refractivity contribution in [3.05, 3.63) is 23.8 Å². The van der Waals surface area contributed by atoms with Gasteiger partial charge in [0.1, 0.15) is 0 Å². The molecule has 80 valence electrons. The van der Waals surface area contributed by atoms with Crippen molar-refractivity contribution >= 4 is 12.6 Å². The fraction of sp³-hybridized carbons (Fsp3) is 0.692. The molecule has 1 atom stereocenters. The predicted molar refractivity (Wildman–Crippen MR) is 68.0 cm³/mol.